The number of unbranched alkanes of at least 4 members (excludes halogenated alkanes) is 25. The molecule has 1 rings (SSSR count). The number of hydrogen-bond acceptors (Lipinski definition) is 8. The van der Waals surface area contributed by atoms with E-state index in [1.54, 1.807) is 6.08 Å². The molecule has 1 fully saturated rings. The van der Waals surface area contributed by atoms with Crippen LogP contribution in [-0.4, -0.2) is 87.5 Å². The zero-order valence-electron chi connectivity index (χ0n) is 32.9. The molecule has 1 aliphatic rings. The summed E-state index contributed by atoms with van der Waals surface area (Å²) in [7, 11) is 0. The summed E-state index contributed by atoms with van der Waals surface area (Å²) < 4.78 is 11.1. The highest BCUT2D eigenvalue weighted by atomic mass is 16.7. The molecule has 51 heavy (non-hydrogen) atoms. The molecule has 302 valence electrons. The molecule has 0 aromatic rings. The van der Waals surface area contributed by atoms with Crippen molar-refractivity contribution in [3.63, 3.8) is 0 Å². The highest BCUT2D eigenvalue weighted by Gasteiger charge is 2.44. The lowest BCUT2D eigenvalue weighted by Gasteiger charge is -2.40. The average Bonchev–Trinajstić information content (AvgIpc) is 3.13. The van der Waals surface area contributed by atoms with Crippen molar-refractivity contribution in [3.8, 4) is 0 Å². The molecule has 1 heterocycles. The topological polar surface area (TPSA) is 149 Å². The molecule has 0 spiro atoms. The highest BCUT2D eigenvalue weighted by molar-refractivity contribution is 5.76. The largest absolute Gasteiger partial charge is 0.394 e. The van der Waals surface area contributed by atoms with Gasteiger partial charge < -0.3 is 40.3 Å². The Bertz CT molecular complexity index is 812. The monoisotopic (exact) mass is 728 g/mol. The summed E-state index contributed by atoms with van der Waals surface area (Å²) in [4.78, 5) is 12.7. The number of rotatable bonds is 35. The molecule has 1 amide bonds. The summed E-state index contributed by atoms with van der Waals surface area (Å²) in [6, 6.07) is -0.795. The van der Waals surface area contributed by atoms with E-state index in [1.165, 1.54) is 122 Å². The Morgan fingerprint density at radius 3 is 1.53 bits per heavy atom. The van der Waals surface area contributed by atoms with Crippen LogP contribution in [0.3, 0.4) is 0 Å². The van der Waals surface area contributed by atoms with Crippen LogP contribution in [0.1, 0.15) is 194 Å². The molecule has 0 aliphatic carbocycles. The van der Waals surface area contributed by atoms with Crippen LogP contribution in [0, 0.1) is 0 Å². The number of aliphatic hydroxyl groups is 5. The molecule has 9 nitrogen and oxygen atoms in total. The fraction of sp³-hybridized carbons (Fsp3) is 0.929. The van der Waals surface area contributed by atoms with Gasteiger partial charge >= 0.3 is 0 Å². The molecule has 7 atom stereocenters. The second-order valence-electron chi connectivity index (χ2n) is 15.1. The Labute approximate surface area is 312 Å². The molecule has 0 radical (unpaired) electrons. The zero-order valence-corrected chi connectivity index (χ0v) is 32.9. The number of carbonyl (C=O) groups excluding carboxylic acids is 1. The summed E-state index contributed by atoms with van der Waals surface area (Å²) in [6.07, 6.45) is 30.3. The molecule has 0 bridgehead atoms. The van der Waals surface area contributed by atoms with E-state index in [4.69, 9.17) is 9.47 Å². The summed E-state index contributed by atoms with van der Waals surface area (Å²) >= 11 is 0. The third-order valence-electron chi connectivity index (χ3n) is 10.4. The van der Waals surface area contributed by atoms with Gasteiger partial charge in [0.1, 0.15) is 24.4 Å². The summed E-state index contributed by atoms with van der Waals surface area (Å²) in [6.45, 7) is 3.68. The number of amides is 1. The first-order valence-electron chi connectivity index (χ1n) is 21.4. The van der Waals surface area contributed by atoms with Crippen LogP contribution in [0.5, 0.6) is 0 Å². The normalized spacial score (nSPS) is 22.1. The second-order valence-corrected chi connectivity index (χ2v) is 15.1. The third-order valence-corrected chi connectivity index (χ3v) is 10.4. The van der Waals surface area contributed by atoms with E-state index in [-0.39, 0.29) is 12.5 Å². The van der Waals surface area contributed by atoms with Gasteiger partial charge in [-0.2, -0.15) is 0 Å². The number of hydrogen-bond donors (Lipinski definition) is 6. The number of carbonyl (C=O) groups is 1. The summed E-state index contributed by atoms with van der Waals surface area (Å²) in [5.74, 6) is -0.189. The predicted octanol–water partition coefficient (Wildman–Crippen LogP) is 8.17. The van der Waals surface area contributed by atoms with Crippen molar-refractivity contribution in [3.05, 3.63) is 12.2 Å². The van der Waals surface area contributed by atoms with Crippen LogP contribution in [0.15, 0.2) is 12.2 Å². The molecule has 9 heteroatoms. The van der Waals surface area contributed by atoms with Crippen LogP contribution < -0.4 is 5.32 Å². The fourth-order valence-electron chi connectivity index (χ4n) is 6.86. The molecule has 0 aromatic carbocycles. The van der Waals surface area contributed by atoms with Crippen LogP contribution >= 0.6 is 0 Å². The first kappa shape index (κ1) is 48.0. The Morgan fingerprint density at radius 1 is 0.647 bits per heavy atom. The van der Waals surface area contributed by atoms with Gasteiger partial charge in [0.05, 0.1) is 25.4 Å². The van der Waals surface area contributed by atoms with Gasteiger partial charge in [0.2, 0.25) is 5.91 Å². The van der Waals surface area contributed by atoms with Gasteiger partial charge in [-0.1, -0.05) is 180 Å². The van der Waals surface area contributed by atoms with Gasteiger partial charge in [-0.3, -0.25) is 4.79 Å². The van der Waals surface area contributed by atoms with Crippen molar-refractivity contribution in [2.75, 3.05) is 13.2 Å². The predicted molar refractivity (Wildman–Crippen MR) is 207 cm³/mol. The number of nitrogens with one attached hydrogen (secondary N) is 1. The standard InChI is InChI=1S/C42H81NO8/c1-3-5-7-9-10-11-12-13-14-15-16-17-18-19-20-21-22-23-24-25-26-28-29-31-36(45)35(43-38(46)32-30-27-8-6-4-2)34-50-42-41(49)40(48)39(47)37(33-44)51-42/h29,31,35-37,39-42,44-45,47-49H,3-28,30,32-34H2,1-2H3,(H,43,46)/b31-29+. The van der Waals surface area contributed by atoms with Gasteiger partial charge in [-0.15, -0.1) is 0 Å². The maximum atomic E-state index is 12.7. The molecule has 7 unspecified atom stereocenters. The Morgan fingerprint density at radius 2 is 1.08 bits per heavy atom. The lowest BCUT2D eigenvalue weighted by atomic mass is 9.99. The SMILES string of the molecule is CCCCCCCCCCCCCCCCCCCCCCC/C=C/C(O)C(COC1OC(CO)C(O)C(O)C1O)NC(=O)CCCCCCC. The fourth-order valence-corrected chi connectivity index (χ4v) is 6.86. The van der Waals surface area contributed by atoms with E-state index in [1.807, 2.05) is 6.08 Å². The van der Waals surface area contributed by atoms with Crippen LogP contribution in [0.4, 0.5) is 0 Å². The molecule has 6 N–H and O–H groups in total. The Hall–Kier alpha value is -1.07. The quantitative estimate of drug-likeness (QED) is 0.0283. The lowest BCUT2D eigenvalue weighted by Crippen LogP contribution is -2.60. The highest BCUT2D eigenvalue weighted by Crippen LogP contribution is 2.22. The minimum absolute atomic E-state index is 0.185. The van der Waals surface area contributed by atoms with Gasteiger partial charge in [-0.25, -0.2) is 0 Å². The van der Waals surface area contributed by atoms with Gasteiger partial charge in [0.15, 0.2) is 6.29 Å². The van der Waals surface area contributed by atoms with Crippen molar-refractivity contribution in [2.24, 2.45) is 0 Å². The van der Waals surface area contributed by atoms with E-state index in [2.05, 4.69) is 19.2 Å². The van der Waals surface area contributed by atoms with Gasteiger partial charge in [0.25, 0.3) is 0 Å². The molecule has 0 aromatic heterocycles. The summed E-state index contributed by atoms with van der Waals surface area (Å²) in [5.41, 5.74) is 0. The maximum absolute atomic E-state index is 12.7. The Kier molecular flexibility index (Phi) is 31.5. The number of allylic oxidation sites excluding steroid dienone is 1. The minimum Gasteiger partial charge on any atom is -0.394 e. The molecule has 0 saturated carbocycles. The van der Waals surface area contributed by atoms with Gasteiger partial charge in [0, 0.05) is 6.42 Å². The van der Waals surface area contributed by atoms with E-state index in [0.717, 1.165) is 51.4 Å². The molecule has 1 saturated heterocycles. The zero-order chi connectivity index (χ0) is 37.4. The number of ether oxygens (including phenoxy) is 2. The third kappa shape index (κ3) is 24.8. The van der Waals surface area contributed by atoms with Crippen molar-refractivity contribution < 1.29 is 39.8 Å². The molecule has 1 aliphatic heterocycles. The van der Waals surface area contributed by atoms with E-state index < -0.39 is 49.5 Å². The lowest BCUT2D eigenvalue weighted by molar-refractivity contribution is -0.302. The van der Waals surface area contributed by atoms with Gasteiger partial charge in [-0.05, 0) is 19.3 Å². The maximum Gasteiger partial charge on any atom is 0.220 e. The first-order valence-corrected chi connectivity index (χ1v) is 21.4. The van der Waals surface area contributed by atoms with E-state index in [9.17, 15) is 30.3 Å². The van der Waals surface area contributed by atoms with Crippen molar-refractivity contribution in [1.29, 1.82) is 0 Å². The minimum atomic E-state index is -1.56. The molecular formula is C42H81NO8. The van der Waals surface area contributed by atoms with E-state index in [0.29, 0.717) is 6.42 Å². The van der Waals surface area contributed by atoms with Crippen LogP contribution in [0.2, 0.25) is 0 Å². The summed E-state index contributed by atoms with van der Waals surface area (Å²) in [5, 5.41) is 53.7. The second kappa shape index (κ2) is 33.5. The van der Waals surface area contributed by atoms with Crippen molar-refractivity contribution >= 4 is 5.91 Å². The first-order chi connectivity index (χ1) is 24.8. The average molecular weight is 728 g/mol. The van der Waals surface area contributed by atoms with Crippen LogP contribution in [-0.2, 0) is 14.3 Å². The van der Waals surface area contributed by atoms with Crippen molar-refractivity contribution in [2.45, 2.75) is 236 Å². The molecular weight excluding hydrogens is 646 g/mol. The van der Waals surface area contributed by atoms with Crippen LogP contribution in [0.25, 0.3) is 0 Å². The number of aliphatic hydroxyl groups excluding tert-OH is 5. The smallest absolute Gasteiger partial charge is 0.220 e. The van der Waals surface area contributed by atoms with Crippen molar-refractivity contribution in [1.82, 2.24) is 5.32 Å². The Balaban J connectivity index is 2.21. The van der Waals surface area contributed by atoms with E-state index >= 15 is 0 Å².